The number of ether oxygens (including phenoxy) is 1. The van der Waals surface area contributed by atoms with E-state index in [4.69, 9.17) is 10.5 Å². The molecule has 0 atom stereocenters. The lowest BCUT2D eigenvalue weighted by Gasteiger charge is -2.09. The summed E-state index contributed by atoms with van der Waals surface area (Å²) in [6.45, 7) is 0.516. The Bertz CT molecular complexity index is 560. The van der Waals surface area contributed by atoms with E-state index in [0.29, 0.717) is 13.0 Å². The maximum atomic E-state index is 13.6. The van der Waals surface area contributed by atoms with E-state index >= 15 is 0 Å². The van der Waals surface area contributed by atoms with Crippen molar-refractivity contribution in [2.75, 3.05) is 13.7 Å². The van der Waals surface area contributed by atoms with E-state index in [1.54, 1.807) is 7.11 Å². The van der Waals surface area contributed by atoms with Gasteiger partial charge in [0.05, 0.1) is 12.0 Å². The van der Waals surface area contributed by atoms with Crippen LogP contribution in [-0.2, 0) is 6.42 Å². The summed E-state index contributed by atoms with van der Waals surface area (Å²) in [6, 6.07) is 12.7. The smallest absolute Gasteiger partial charge is 0.132 e. The second-order valence-electron chi connectivity index (χ2n) is 4.09. The summed E-state index contributed by atoms with van der Waals surface area (Å²) in [5.74, 6) is 0.556. The predicted molar refractivity (Wildman–Crippen MR) is 76.3 cm³/mol. The van der Waals surface area contributed by atoms with Gasteiger partial charge in [-0.05, 0) is 48.9 Å². The van der Waals surface area contributed by atoms with Crippen molar-refractivity contribution in [2.45, 2.75) is 16.2 Å². The van der Waals surface area contributed by atoms with Crippen molar-refractivity contribution < 1.29 is 9.13 Å². The van der Waals surface area contributed by atoms with Crippen molar-refractivity contribution in [1.82, 2.24) is 0 Å². The first-order chi connectivity index (χ1) is 9.22. The second-order valence-corrected chi connectivity index (χ2v) is 5.20. The third-order valence-electron chi connectivity index (χ3n) is 2.66. The molecular formula is C15H16FNOS. The lowest BCUT2D eigenvalue weighted by molar-refractivity contribution is 0.405. The van der Waals surface area contributed by atoms with Crippen LogP contribution in [0.2, 0.25) is 0 Å². The molecule has 100 valence electrons. The highest BCUT2D eigenvalue weighted by Gasteiger charge is 2.06. The molecule has 0 heterocycles. The van der Waals surface area contributed by atoms with E-state index in [9.17, 15) is 4.39 Å². The second kappa shape index (κ2) is 6.59. The fraction of sp³-hybridized carbons (Fsp3) is 0.200. The minimum absolute atomic E-state index is 0.233. The van der Waals surface area contributed by atoms with E-state index in [1.165, 1.54) is 23.9 Å². The first-order valence-electron chi connectivity index (χ1n) is 6.03. The Morgan fingerprint density at radius 2 is 2.00 bits per heavy atom. The summed E-state index contributed by atoms with van der Waals surface area (Å²) in [7, 11) is 1.63. The third-order valence-corrected chi connectivity index (χ3v) is 3.69. The Morgan fingerprint density at radius 1 is 1.21 bits per heavy atom. The first-order valence-corrected chi connectivity index (χ1v) is 6.85. The van der Waals surface area contributed by atoms with Gasteiger partial charge in [-0.2, -0.15) is 0 Å². The Hall–Kier alpha value is -1.52. The van der Waals surface area contributed by atoms with Gasteiger partial charge in [0.25, 0.3) is 0 Å². The lowest BCUT2D eigenvalue weighted by atomic mass is 10.1. The molecule has 0 saturated carbocycles. The molecule has 2 aromatic rings. The molecule has 0 unspecified atom stereocenters. The van der Waals surface area contributed by atoms with E-state index in [1.807, 2.05) is 30.3 Å². The van der Waals surface area contributed by atoms with Crippen LogP contribution in [0.4, 0.5) is 4.39 Å². The molecule has 0 aliphatic carbocycles. The summed E-state index contributed by atoms with van der Waals surface area (Å²) in [4.78, 5) is 1.82. The minimum Gasteiger partial charge on any atom is -0.496 e. The minimum atomic E-state index is -0.233. The number of benzene rings is 2. The van der Waals surface area contributed by atoms with Gasteiger partial charge in [-0.1, -0.05) is 23.9 Å². The van der Waals surface area contributed by atoms with E-state index in [-0.39, 0.29) is 5.82 Å². The molecular weight excluding hydrogens is 261 g/mol. The number of para-hydroxylation sites is 1. The molecule has 2 nitrogen and oxygen atoms in total. The molecule has 0 aliphatic heterocycles. The molecule has 2 N–H and O–H groups in total. The van der Waals surface area contributed by atoms with Gasteiger partial charge in [0.1, 0.15) is 11.6 Å². The molecule has 0 bridgehead atoms. The largest absolute Gasteiger partial charge is 0.496 e. The summed E-state index contributed by atoms with van der Waals surface area (Å²) < 4.78 is 18.8. The van der Waals surface area contributed by atoms with Gasteiger partial charge in [-0.15, -0.1) is 0 Å². The standard InChI is InChI=1S/C15H16FNOS/c1-18-14-4-2-3-5-15(14)19-13-9-11(6-7-17)8-12(16)10-13/h2-5,8-10H,6-7,17H2,1H3. The van der Waals surface area contributed by atoms with Crippen LogP contribution in [0.25, 0.3) is 0 Å². The molecule has 0 aliphatic rings. The average Bonchev–Trinajstić information content (AvgIpc) is 2.39. The monoisotopic (exact) mass is 277 g/mol. The Balaban J connectivity index is 2.27. The number of methoxy groups -OCH3 is 1. The van der Waals surface area contributed by atoms with Gasteiger partial charge in [-0.25, -0.2) is 4.39 Å². The average molecular weight is 277 g/mol. The third kappa shape index (κ3) is 3.72. The van der Waals surface area contributed by atoms with Gasteiger partial charge >= 0.3 is 0 Å². The van der Waals surface area contributed by atoms with E-state index < -0.39 is 0 Å². The van der Waals surface area contributed by atoms with Gasteiger partial charge in [0.15, 0.2) is 0 Å². The Morgan fingerprint density at radius 3 is 2.74 bits per heavy atom. The van der Waals surface area contributed by atoms with Crippen LogP contribution in [-0.4, -0.2) is 13.7 Å². The van der Waals surface area contributed by atoms with Crippen molar-refractivity contribution in [3.8, 4) is 5.75 Å². The summed E-state index contributed by atoms with van der Waals surface area (Å²) in [5, 5.41) is 0. The van der Waals surface area contributed by atoms with Crippen molar-refractivity contribution in [2.24, 2.45) is 5.73 Å². The van der Waals surface area contributed by atoms with Crippen LogP contribution in [0.1, 0.15) is 5.56 Å². The summed E-state index contributed by atoms with van der Waals surface area (Å²) in [6.07, 6.45) is 0.678. The molecule has 2 aromatic carbocycles. The van der Waals surface area contributed by atoms with Gasteiger partial charge in [-0.3, -0.25) is 0 Å². The van der Waals surface area contributed by atoms with Crippen molar-refractivity contribution in [1.29, 1.82) is 0 Å². The SMILES string of the molecule is COc1ccccc1Sc1cc(F)cc(CCN)c1. The molecule has 0 fully saturated rings. The summed E-state index contributed by atoms with van der Waals surface area (Å²) >= 11 is 1.49. The zero-order chi connectivity index (χ0) is 13.7. The number of rotatable bonds is 5. The highest BCUT2D eigenvalue weighted by atomic mass is 32.2. The topological polar surface area (TPSA) is 35.2 Å². The predicted octanol–water partition coefficient (Wildman–Crippen LogP) is 3.49. The van der Waals surface area contributed by atoms with E-state index in [2.05, 4.69) is 0 Å². The van der Waals surface area contributed by atoms with Crippen molar-refractivity contribution >= 4 is 11.8 Å². The van der Waals surface area contributed by atoms with Crippen LogP contribution < -0.4 is 10.5 Å². The fourth-order valence-corrected chi connectivity index (χ4v) is 2.86. The lowest BCUT2D eigenvalue weighted by Crippen LogP contribution is -2.03. The maximum Gasteiger partial charge on any atom is 0.132 e. The molecule has 0 radical (unpaired) electrons. The highest BCUT2D eigenvalue weighted by molar-refractivity contribution is 7.99. The van der Waals surface area contributed by atoms with Crippen LogP contribution in [0.15, 0.2) is 52.3 Å². The maximum absolute atomic E-state index is 13.6. The van der Waals surface area contributed by atoms with Gasteiger partial charge in [0.2, 0.25) is 0 Å². The van der Waals surface area contributed by atoms with Crippen LogP contribution in [0.3, 0.4) is 0 Å². The van der Waals surface area contributed by atoms with Gasteiger partial charge in [0, 0.05) is 4.90 Å². The normalized spacial score (nSPS) is 10.5. The molecule has 0 saturated heterocycles. The number of hydrogen-bond acceptors (Lipinski definition) is 3. The molecule has 0 spiro atoms. The molecule has 19 heavy (non-hydrogen) atoms. The zero-order valence-electron chi connectivity index (χ0n) is 10.7. The van der Waals surface area contributed by atoms with Gasteiger partial charge < -0.3 is 10.5 Å². The number of nitrogens with two attached hydrogens (primary N) is 1. The molecule has 4 heteroatoms. The fourth-order valence-electron chi connectivity index (χ4n) is 1.82. The van der Waals surface area contributed by atoms with Crippen LogP contribution >= 0.6 is 11.8 Å². The van der Waals surface area contributed by atoms with E-state index in [0.717, 1.165) is 21.1 Å². The molecule has 0 amide bonds. The van der Waals surface area contributed by atoms with Crippen LogP contribution in [0.5, 0.6) is 5.75 Å². The highest BCUT2D eigenvalue weighted by Crippen LogP contribution is 2.35. The number of halogens is 1. The Kier molecular flexibility index (Phi) is 4.82. The number of hydrogen-bond donors (Lipinski definition) is 1. The van der Waals surface area contributed by atoms with Crippen molar-refractivity contribution in [3.63, 3.8) is 0 Å². The molecule has 2 rings (SSSR count). The summed E-state index contributed by atoms with van der Waals surface area (Å²) in [5.41, 5.74) is 6.43. The molecule has 0 aromatic heterocycles. The quantitative estimate of drug-likeness (QED) is 0.908. The first kappa shape index (κ1) is 13.9. The van der Waals surface area contributed by atoms with Crippen molar-refractivity contribution in [3.05, 3.63) is 53.8 Å². The zero-order valence-corrected chi connectivity index (χ0v) is 11.5. The Labute approximate surface area is 116 Å². The van der Waals surface area contributed by atoms with Crippen LogP contribution in [0, 0.1) is 5.82 Å².